The zero-order valence-corrected chi connectivity index (χ0v) is 16.8. The van der Waals surface area contributed by atoms with Crippen LogP contribution in [0.15, 0.2) is 53.5 Å². The maximum Gasteiger partial charge on any atom is 0.276 e. The summed E-state index contributed by atoms with van der Waals surface area (Å²) >= 11 is 0. The molecule has 6 nitrogen and oxygen atoms in total. The molecule has 1 aliphatic carbocycles. The molecule has 0 saturated carbocycles. The highest BCUT2D eigenvalue weighted by Crippen LogP contribution is 2.24. The molecule has 1 N–H and O–H groups in total. The highest BCUT2D eigenvalue weighted by Gasteiger charge is 2.30. The molecule has 2 aromatic heterocycles. The van der Waals surface area contributed by atoms with Gasteiger partial charge in [-0.05, 0) is 50.5 Å². The highest BCUT2D eigenvalue weighted by molar-refractivity contribution is 5.48. The molecule has 29 heavy (non-hydrogen) atoms. The molecule has 5 rings (SSSR count). The van der Waals surface area contributed by atoms with Crippen LogP contribution in [0.25, 0.3) is 5.82 Å². The van der Waals surface area contributed by atoms with E-state index in [4.69, 9.17) is 0 Å². The maximum absolute atomic E-state index is 13.0. The first-order valence-electron chi connectivity index (χ1n) is 10.5. The number of aromatic nitrogens is 3. The average Bonchev–Trinajstić information content (AvgIpc) is 3.11. The van der Waals surface area contributed by atoms with Crippen molar-refractivity contribution in [3.8, 4) is 5.82 Å². The van der Waals surface area contributed by atoms with Gasteiger partial charge in [0, 0.05) is 55.4 Å². The molecule has 1 aliphatic heterocycles. The Morgan fingerprint density at radius 2 is 1.83 bits per heavy atom. The van der Waals surface area contributed by atoms with Crippen LogP contribution in [0, 0.1) is 6.92 Å². The zero-order chi connectivity index (χ0) is 19.8. The molecule has 0 amide bonds. The van der Waals surface area contributed by atoms with E-state index in [1.165, 1.54) is 11.3 Å². The van der Waals surface area contributed by atoms with E-state index in [-0.39, 0.29) is 5.56 Å². The Balaban J connectivity index is 1.28. The molecule has 1 aromatic carbocycles. The van der Waals surface area contributed by atoms with Gasteiger partial charge in [0.05, 0.1) is 0 Å². The summed E-state index contributed by atoms with van der Waals surface area (Å²) in [6, 6.07) is 14.9. The second kappa shape index (κ2) is 7.52. The summed E-state index contributed by atoms with van der Waals surface area (Å²) in [5, 5.41) is 3.29. The molecule has 2 aliphatic rings. The number of nitrogens with one attached hydrogen (secondary N) is 1. The zero-order valence-electron chi connectivity index (χ0n) is 16.8. The lowest BCUT2D eigenvalue weighted by Crippen LogP contribution is -2.52. The first kappa shape index (κ1) is 18.2. The number of piperazine rings is 1. The minimum absolute atomic E-state index is 0.0571. The van der Waals surface area contributed by atoms with Crippen LogP contribution in [-0.4, -0.2) is 51.9 Å². The number of rotatable bonds is 3. The van der Waals surface area contributed by atoms with Crippen LogP contribution in [0.5, 0.6) is 0 Å². The monoisotopic (exact) mass is 389 g/mol. The number of hydrogen-bond acceptors (Lipinski definition) is 4. The molecule has 1 fully saturated rings. The number of aromatic amines is 1. The van der Waals surface area contributed by atoms with E-state index in [2.05, 4.69) is 51.1 Å². The van der Waals surface area contributed by atoms with E-state index in [1.807, 2.05) is 18.2 Å². The van der Waals surface area contributed by atoms with Crippen molar-refractivity contribution in [3.05, 3.63) is 75.8 Å². The van der Waals surface area contributed by atoms with Gasteiger partial charge in [0.2, 0.25) is 0 Å². The van der Waals surface area contributed by atoms with Gasteiger partial charge in [-0.2, -0.15) is 0 Å². The molecular weight excluding hydrogens is 362 g/mol. The van der Waals surface area contributed by atoms with Gasteiger partial charge in [-0.3, -0.25) is 14.8 Å². The SMILES string of the molecule is Cc1ccc(N2CCN(C3CCc4[nH]n(-c5ccccn5)c(=O)c4C3)CC2)cc1. The van der Waals surface area contributed by atoms with E-state index >= 15 is 0 Å². The predicted octanol–water partition coefficient (Wildman–Crippen LogP) is 2.55. The summed E-state index contributed by atoms with van der Waals surface area (Å²) in [4.78, 5) is 22.3. The molecule has 0 bridgehead atoms. The number of H-pyrrole nitrogens is 1. The second-order valence-electron chi connectivity index (χ2n) is 8.15. The molecule has 1 unspecified atom stereocenters. The van der Waals surface area contributed by atoms with Crippen LogP contribution in [0.3, 0.4) is 0 Å². The van der Waals surface area contributed by atoms with E-state index in [1.54, 1.807) is 10.9 Å². The molecule has 1 saturated heterocycles. The van der Waals surface area contributed by atoms with Gasteiger partial charge in [0.15, 0.2) is 5.82 Å². The van der Waals surface area contributed by atoms with Crippen molar-refractivity contribution in [2.45, 2.75) is 32.2 Å². The number of anilines is 1. The van der Waals surface area contributed by atoms with Crippen molar-refractivity contribution in [3.63, 3.8) is 0 Å². The number of pyridine rings is 1. The second-order valence-corrected chi connectivity index (χ2v) is 8.15. The Hall–Kier alpha value is -2.86. The first-order chi connectivity index (χ1) is 14.2. The first-order valence-corrected chi connectivity index (χ1v) is 10.5. The molecule has 3 aromatic rings. The molecule has 150 valence electrons. The summed E-state index contributed by atoms with van der Waals surface area (Å²) in [6.45, 7) is 6.30. The van der Waals surface area contributed by atoms with Gasteiger partial charge >= 0.3 is 0 Å². The minimum atomic E-state index is 0.0571. The van der Waals surface area contributed by atoms with Gasteiger partial charge in [0.1, 0.15) is 0 Å². The predicted molar refractivity (Wildman–Crippen MR) is 115 cm³/mol. The molecule has 0 spiro atoms. The summed E-state index contributed by atoms with van der Waals surface area (Å²) in [7, 11) is 0. The number of aryl methyl sites for hydroxylation is 2. The van der Waals surface area contributed by atoms with Crippen LogP contribution in [0.2, 0.25) is 0 Å². The number of fused-ring (bicyclic) bond motifs is 1. The van der Waals surface area contributed by atoms with Gasteiger partial charge in [0.25, 0.3) is 5.56 Å². The standard InChI is InChI=1S/C23H27N5O/c1-17-5-7-18(8-6-17)26-12-14-27(15-13-26)19-9-10-21-20(16-19)23(29)28(25-21)22-4-2-3-11-24-22/h2-8,11,19,25H,9-10,12-16H2,1H3. The maximum atomic E-state index is 13.0. The quantitative estimate of drug-likeness (QED) is 0.748. The van der Waals surface area contributed by atoms with Crippen LogP contribution in [-0.2, 0) is 12.8 Å². The Labute approximate surface area is 170 Å². The number of nitrogens with zero attached hydrogens (tertiary/aromatic N) is 4. The van der Waals surface area contributed by atoms with E-state index in [0.717, 1.165) is 56.7 Å². The van der Waals surface area contributed by atoms with Crippen molar-refractivity contribution < 1.29 is 0 Å². The van der Waals surface area contributed by atoms with Crippen molar-refractivity contribution >= 4 is 5.69 Å². The third-order valence-corrected chi connectivity index (χ3v) is 6.35. The normalized spacial score (nSPS) is 19.9. The fraction of sp³-hybridized carbons (Fsp3) is 0.391. The fourth-order valence-corrected chi connectivity index (χ4v) is 4.64. The van der Waals surface area contributed by atoms with Crippen molar-refractivity contribution in [1.82, 2.24) is 19.7 Å². The van der Waals surface area contributed by atoms with Crippen LogP contribution < -0.4 is 10.5 Å². The Morgan fingerprint density at radius 1 is 1.03 bits per heavy atom. The Kier molecular flexibility index (Phi) is 4.72. The number of hydrogen-bond donors (Lipinski definition) is 1. The largest absolute Gasteiger partial charge is 0.369 e. The Morgan fingerprint density at radius 3 is 2.55 bits per heavy atom. The average molecular weight is 390 g/mol. The molecule has 6 heteroatoms. The van der Waals surface area contributed by atoms with Crippen molar-refractivity contribution in [2.24, 2.45) is 0 Å². The lowest BCUT2D eigenvalue weighted by Gasteiger charge is -2.41. The molecule has 3 heterocycles. The van der Waals surface area contributed by atoms with Crippen LogP contribution in [0.4, 0.5) is 5.69 Å². The van der Waals surface area contributed by atoms with E-state index in [0.29, 0.717) is 11.9 Å². The lowest BCUT2D eigenvalue weighted by atomic mass is 9.92. The summed E-state index contributed by atoms with van der Waals surface area (Å²) in [5.74, 6) is 0.662. The summed E-state index contributed by atoms with van der Waals surface area (Å²) in [5.41, 5.74) is 4.68. The van der Waals surface area contributed by atoms with Gasteiger partial charge in [-0.15, -0.1) is 0 Å². The van der Waals surface area contributed by atoms with Gasteiger partial charge in [-0.25, -0.2) is 9.67 Å². The van der Waals surface area contributed by atoms with Crippen molar-refractivity contribution in [1.29, 1.82) is 0 Å². The topological polar surface area (TPSA) is 57.2 Å². The third-order valence-electron chi connectivity index (χ3n) is 6.35. The Bertz CT molecular complexity index is 1030. The summed E-state index contributed by atoms with van der Waals surface area (Å²) < 4.78 is 1.60. The van der Waals surface area contributed by atoms with E-state index < -0.39 is 0 Å². The molecular formula is C23H27N5O. The molecule has 1 atom stereocenters. The van der Waals surface area contributed by atoms with Crippen molar-refractivity contribution in [2.75, 3.05) is 31.1 Å². The number of benzene rings is 1. The smallest absolute Gasteiger partial charge is 0.276 e. The fourth-order valence-electron chi connectivity index (χ4n) is 4.64. The minimum Gasteiger partial charge on any atom is -0.369 e. The van der Waals surface area contributed by atoms with Crippen LogP contribution >= 0.6 is 0 Å². The lowest BCUT2D eigenvalue weighted by molar-refractivity contribution is 0.169. The van der Waals surface area contributed by atoms with Gasteiger partial charge in [-0.1, -0.05) is 23.8 Å². The van der Waals surface area contributed by atoms with Gasteiger partial charge < -0.3 is 4.90 Å². The summed E-state index contributed by atoms with van der Waals surface area (Å²) in [6.07, 6.45) is 4.57. The third kappa shape index (κ3) is 3.49. The van der Waals surface area contributed by atoms with Crippen LogP contribution in [0.1, 0.15) is 23.2 Å². The highest BCUT2D eigenvalue weighted by atomic mass is 16.1. The van der Waals surface area contributed by atoms with E-state index in [9.17, 15) is 4.79 Å². The molecule has 0 radical (unpaired) electrons.